The zero-order chi connectivity index (χ0) is 5.11. The summed E-state index contributed by atoms with van der Waals surface area (Å²) in [6.45, 7) is 0. The van der Waals surface area contributed by atoms with Crippen LogP contribution in [-0.2, 0) is 0 Å². The first-order valence-corrected chi connectivity index (χ1v) is 2.20. The molecule has 0 aliphatic heterocycles. The fourth-order valence-corrected chi connectivity index (χ4v) is 0.453. The molecule has 0 saturated carbocycles. The summed E-state index contributed by atoms with van der Waals surface area (Å²) in [6, 6.07) is 9.49. The number of rotatable bonds is 0. The molecule has 0 N–H and O–H groups in total. The van der Waals surface area contributed by atoms with Crippen LogP contribution in [0.1, 0.15) is 0 Å². The maximum atomic E-state index is 5.36. The van der Waals surface area contributed by atoms with Crippen molar-refractivity contribution < 1.29 is 0 Å². The van der Waals surface area contributed by atoms with Crippen LogP contribution >= 0.6 is 0 Å². The molecule has 1 aromatic rings. The summed E-state index contributed by atoms with van der Waals surface area (Å²) in [5.41, 5.74) is 0.822. The van der Waals surface area contributed by atoms with E-state index in [2.05, 4.69) is 0 Å². The summed E-state index contributed by atoms with van der Waals surface area (Å²) < 4.78 is 0. The van der Waals surface area contributed by atoms with Gasteiger partial charge in [-0.2, -0.15) is 0 Å². The van der Waals surface area contributed by atoms with Gasteiger partial charge in [-0.15, -0.1) is 0 Å². The molecule has 0 amide bonds. The summed E-state index contributed by atoms with van der Waals surface area (Å²) in [7, 11) is 5.36. The Morgan fingerprint density at radius 1 is 1.00 bits per heavy atom. The summed E-state index contributed by atoms with van der Waals surface area (Å²) >= 11 is 0. The van der Waals surface area contributed by atoms with Crippen molar-refractivity contribution in [2.24, 2.45) is 0 Å². The molecule has 0 unspecified atom stereocenters. The van der Waals surface area contributed by atoms with Crippen molar-refractivity contribution in [3.8, 4) is 0 Å². The van der Waals surface area contributed by atoms with E-state index in [4.69, 9.17) is 7.85 Å². The Labute approximate surface area is 73.0 Å². The van der Waals surface area contributed by atoms with Gasteiger partial charge in [0.15, 0.2) is 0 Å². The van der Waals surface area contributed by atoms with E-state index < -0.39 is 0 Å². The van der Waals surface area contributed by atoms with Crippen LogP contribution in [0, 0.1) is 0 Å². The molecule has 1 rings (SSSR count). The zero-order valence-electron chi connectivity index (χ0n) is 3.96. The first kappa shape index (κ1) is 8.28. The van der Waals surface area contributed by atoms with Gasteiger partial charge in [0.25, 0.3) is 0 Å². The molecule has 0 saturated heterocycles. The fourth-order valence-electron chi connectivity index (χ4n) is 0.453. The van der Waals surface area contributed by atoms with Crippen molar-refractivity contribution in [2.45, 2.75) is 0 Å². The summed E-state index contributed by atoms with van der Waals surface area (Å²) in [4.78, 5) is 0. The summed E-state index contributed by atoms with van der Waals surface area (Å²) in [5, 5.41) is 0. The van der Waals surface area contributed by atoms with Crippen LogP contribution < -0.4 is 5.46 Å². The minimum absolute atomic E-state index is 0. The Morgan fingerprint density at radius 2 is 1.50 bits per heavy atom. The second-order valence-corrected chi connectivity index (χ2v) is 1.41. The van der Waals surface area contributed by atoms with Crippen LogP contribution in [0.4, 0.5) is 0 Å². The van der Waals surface area contributed by atoms with Crippen LogP contribution in [-0.4, -0.2) is 37.4 Å². The van der Waals surface area contributed by atoms with Crippen molar-refractivity contribution >= 4 is 42.9 Å². The van der Waals surface area contributed by atoms with Gasteiger partial charge in [0.05, 0.1) is 0 Å². The zero-order valence-corrected chi connectivity index (χ0v) is 3.96. The van der Waals surface area contributed by atoms with Gasteiger partial charge in [0.2, 0.25) is 0 Å². The standard InChI is InChI=1S/C6H5B.Na.H/c7-6-4-2-1-3-5-6;;/h1-5H;;. The molecule has 2 radical (unpaired) electrons. The van der Waals surface area contributed by atoms with Gasteiger partial charge in [-0.1, -0.05) is 35.8 Å². The van der Waals surface area contributed by atoms with Crippen molar-refractivity contribution in [3.63, 3.8) is 0 Å². The molecule has 0 atom stereocenters. The Balaban J connectivity index is 0.000000490. The van der Waals surface area contributed by atoms with Gasteiger partial charge in [-0.05, 0) is 0 Å². The van der Waals surface area contributed by atoms with Crippen LogP contribution in [0.3, 0.4) is 0 Å². The van der Waals surface area contributed by atoms with Gasteiger partial charge < -0.3 is 0 Å². The maximum absolute atomic E-state index is 5.36. The molecule has 8 heavy (non-hydrogen) atoms. The van der Waals surface area contributed by atoms with E-state index >= 15 is 0 Å². The van der Waals surface area contributed by atoms with Gasteiger partial charge in [-0.3, -0.25) is 0 Å². The molecule has 0 aliphatic rings. The second kappa shape index (κ2) is 4.19. The third-order valence-corrected chi connectivity index (χ3v) is 0.800. The van der Waals surface area contributed by atoms with Gasteiger partial charge in [-0.25, -0.2) is 0 Å². The van der Waals surface area contributed by atoms with Crippen LogP contribution in [0.5, 0.6) is 0 Å². The van der Waals surface area contributed by atoms with E-state index in [0.29, 0.717) is 0 Å². The third kappa shape index (κ3) is 2.56. The molecule has 1 aromatic carbocycles. The first-order chi connectivity index (χ1) is 3.39. The monoisotopic (exact) mass is 112 g/mol. The Hall–Kier alpha value is 0.285. The molecule has 0 nitrogen and oxygen atoms in total. The molecule has 2 heteroatoms. The predicted molar refractivity (Wildman–Crippen MR) is 39.0 cm³/mol. The molecular weight excluding hydrogens is 106 g/mol. The van der Waals surface area contributed by atoms with Gasteiger partial charge in [0, 0.05) is 0 Å². The van der Waals surface area contributed by atoms with Crippen molar-refractivity contribution in [2.75, 3.05) is 0 Å². The van der Waals surface area contributed by atoms with Crippen LogP contribution in [0.15, 0.2) is 30.3 Å². The van der Waals surface area contributed by atoms with E-state index in [-0.39, 0.29) is 29.6 Å². The van der Waals surface area contributed by atoms with Crippen molar-refractivity contribution in [3.05, 3.63) is 30.3 Å². The molecule has 0 spiro atoms. The molecular formula is C6H6BNa. The number of benzene rings is 1. The first-order valence-electron chi connectivity index (χ1n) is 2.20. The fraction of sp³-hybridized carbons (Fsp3) is 0. The Kier molecular flexibility index (Phi) is 4.34. The second-order valence-electron chi connectivity index (χ2n) is 1.41. The summed E-state index contributed by atoms with van der Waals surface area (Å²) in [6.07, 6.45) is 0. The van der Waals surface area contributed by atoms with E-state index in [0.717, 1.165) is 5.46 Å². The number of hydrogen-bond acceptors (Lipinski definition) is 0. The topological polar surface area (TPSA) is 0 Å². The normalized spacial score (nSPS) is 7.50. The van der Waals surface area contributed by atoms with E-state index in [1.54, 1.807) is 0 Å². The quantitative estimate of drug-likeness (QED) is 0.409. The average Bonchev–Trinajstić information content (AvgIpc) is 1.69. The van der Waals surface area contributed by atoms with E-state index in [1.165, 1.54) is 0 Å². The third-order valence-electron chi connectivity index (χ3n) is 0.800. The summed E-state index contributed by atoms with van der Waals surface area (Å²) in [5.74, 6) is 0. The van der Waals surface area contributed by atoms with Crippen LogP contribution in [0.25, 0.3) is 0 Å². The molecule has 0 fully saturated rings. The average molecular weight is 112 g/mol. The molecule has 0 heterocycles. The Morgan fingerprint density at radius 3 is 1.75 bits per heavy atom. The molecule has 0 aromatic heterocycles. The molecule has 0 aliphatic carbocycles. The van der Waals surface area contributed by atoms with Crippen molar-refractivity contribution in [1.82, 2.24) is 0 Å². The van der Waals surface area contributed by atoms with Gasteiger partial charge >= 0.3 is 29.6 Å². The SMILES string of the molecule is [B]c1ccccc1.[NaH]. The Bertz CT molecular complexity index is 138. The molecule has 34 valence electrons. The van der Waals surface area contributed by atoms with E-state index in [9.17, 15) is 0 Å². The predicted octanol–water partition coefficient (Wildman–Crippen LogP) is -0.168. The number of hydrogen-bond donors (Lipinski definition) is 0. The van der Waals surface area contributed by atoms with Crippen LogP contribution in [0.2, 0.25) is 0 Å². The molecule has 0 bridgehead atoms. The minimum atomic E-state index is 0. The van der Waals surface area contributed by atoms with Crippen molar-refractivity contribution in [1.29, 1.82) is 0 Å². The van der Waals surface area contributed by atoms with E-state index in [1.807, 2.05) is 30.3 Å². The van der Waals surface area contributed by atoms with Gasteiger partial charge in [0.1, 0.15) is 7.85 Å².